The van der Waals surface area contributed by atoms with Gasteiger partial charge in [0.25, 0.3) is 0 Å². The van der Waals surface area contributed by atoms with Gasteiger partial charge in [0.1, 0.15) is 0 Å². The van der Waals surface area contributed by atoms with Crippen molar-refractivity contribution in [3.63, 3.8) is 0 Å². The van der Waals surface area contributed by atoms with E-state index in [1.165, 1.54) is 51.4 Å². The van der Waals surface area contributed by atoms with Crippen LogP contribution in [0.4, 0.5) is 0 Å². The summed E-state index contributed by atoms with van der Waals surface area (Å²) in [5.41, 5.74) is 4.21. The van der Waals surface area contributed by atoms with E-state index >= 15 is 0 Å². The summed E-state index contributed by atoms with van der Waals surface area (Å²) in [5.74, 6) is 3.56. The van der Waals surface area contributed by atoms with Gasteiger partial charge in [-0.3, -0.25) is 0 Å². The van der Waals surface area contributed by atoms with Crippen LogP contribution in [0.3, 0.4) is 0 Å². The maximum atomic E-state index is 10.1. The van der Waals surface area contributed by atoms with Crippen molar-refractivity contribution in [2.45, 2.75) is 91.6 Å². The Morgan fingerprint density at radius 3 is 2.68 bits per heavy atom. The average molecular weight is 343 g/mol. The van der Waals surface area contributed by atoms with Crippen LogP contribution in [0, 0.1) is 34.5 Å². The number of rotatable bonds is 2. The number of aliphatic hydroxyl groups is 1. The Morgan fingerprint density at radius 2 is 1.92 bits per heavy atom. The van der Waals surface area contributed by atoms with Gasteiger partial charge in [-0.15, -0.1) is 0 Å². The van der Waals surface area contributed by atoms with Crippen molar-refractivity contribution >= 4 is 0 Å². The zero-order valence-electron chi connectivity index (χ0n) is 16.9. The molecule has 4 rings (SSSR count). The molecule has 1 heteroatoms. The third-order valence-corrected chi connectivity index (χ3v) is 9.16. The van der Waals surface area contributed by atoms with Gasteiger partial charge in [0.05, 0.1) is 6.10 Å². The summed E-state index contributed by atoms with van der Waals surface area (Å²) < 4.78 is 0. The fraction of sp³-hybridized carbons (Fsp3) is 0.833. The second-order valence-electron chi connectivity index (χ2n) is 10.2. The minimum Gasteiger partial charge on any atom is -0.389 e. The third kappa shape index (κ3) is 2.59. The van der Waals surface area contributed by atoms with Gasteiger partial charge in [-0.2, -0.15) is 0 Å². The van der Waals surface area contributed by atoms with Gasteiger partial charge in [0.2, 0.25) is 0 Å². The highest BCUT2D eigenvalue weighted by Gasteiger charge is 2.58. The first-order valence-corrected chi connectivity index (χ1v) is 11.0. The molecule has 4 aliphatic rings. The zero-order valence-corrected chi connectivity index (χ0v) is 16.9. The largest absolute Gasteiger partial charge is 0.389 e. The molecule has 0 aromatic heterocycles. The molecule has 0 saturated heterocycles. The summed E-state index contributed by atoms with van der Waals surface area (Å²) >= 11 is 0. The van der Waals surface area contributed by atoms with E-state index in [1.54, 1.807) is 11.1 Å². The predicted molar refractivity (Wildman–Crippen MR) is 105 cm³/mol. The van der Waals surface area contributed by atoms with E-state index in [-0.39, 0.29) is 6.10 Å². The lowest BCUT2D eigenvalue weighted by atomic mass is 9.46. The fourth-order valence-corrected chi connectivity index (χ4v) is 7.92. The molecule has 4 aliphatic carbocycles. The van der Waals surface area contributed by atoms with Crippen molar-refractivity contribution in [3.05, 3.63) is 23.3 Å². The maximum absolute atomic E-state index is 10.1. The molecule has 3 fully saturated rings. The normalized spacial score (nSPS) is 49.9. The van der Waals surface area contributed by atoms with E-state index in [0.29, 0.717) is 10.8 Å². The van der Waals surface area contributed by atoms with Crippen molar-refractivity contribution in [1.29, 1.82) is 0 Å². The van der Waals surface area contributed by atoms with Crippen LogP contribution in [0.25, 0.3) is 0 Å². The number of aliphatic hydroxyl groups excluding tert-OH is 1. The lowest BCUT2D eigenvalue weighted by molar-refractivity contribution is -0.0508. The van der Waals surface area contributed by atoms with Crippen molar-refractivity contribution in [2.75, 3.05) is 0 Å². The number of hydrogen-bond acceptors (Lipinski definition) is 1. The minimum absolute atomic E-state index is 0.175. The maximum Gasteiger partial charge on any atom is 0.0724 e. The van der Waals surface area contributed by atoms with Gasteiger partial charge < -0.3 is 5.11 Å². The van der Waals surface area contributed by atoms with Crippen molar-refractivity contribution in [3.8, 4) is 0 Å². The van der Waals surface area contributed by atoms with Crippen LogP contribution in [0.2, 0.25) is 0 Å². The molecule has 1 nitrogen and oxygen atoms in total. The smallest absolute Gasteiger partial charge is 0.0724 e. The summed E-state index contributed by atoms with van der Waals surface area (Å²) in [5, 5.41) is 10.1. The molecular weight excluding hydrogens is 304 g/mol. The van der Waals surface area contributed by atoms with E-state index in [2.05, 4.69) is 39.8 Å². The summed E-state index contributed by atoms with van der Waals surface area (Å²) in [7, 11) is 0. The van der Waals surface area contributed by atoms with Crippen LogP contribution in [0.5, 0.6) is 0 Å². The summed E-state index contributed by atoms with van der Waals surface area (Å²) in [6.07, 6.45) is 16.3. The molecule has 0 amide bonds. The second-order valence-corrected chi connectivity index (χ2v) is 10.2. The zero-order chi connectivity index (χ0) is 17.8. The molecule has 1 N–H and O–H groups in total. The van der Waals surface area contributed by atoms with Crippen LogP contribution in [0.1, 0.15) is 85.5 Å². The molecule has 0 spiro atoms. The molecule has 140 valence electrons. The highest BCUT2D eigenvalue weighted by atomic mass is 16.3. The molecule has 7 atom stereocenters. The standard InChI is InChI=1S/C24H38O/c1-5-6-16(2)20-9-10-21-19-8-7-17-15-18(25)11-13-23(17,3)22(19)12-14-24(20,21)4/h6,15,18-22,25H,5,7-14H2,1-4H3/t18-,19?,20+,21?,22?,23?,24?/m0/s1. The van der Waals surface area contributed by atoms with Gasteiger partial charge in [-0.1, -0.05) is 44.1 Å². The molecule has 3 saturated carbocycles. The van der Waals surface area contributed by atoms with E-state index in [1.807, 2.05) is 0 Å². The highest BCUT2D eigenvalue weighted by Crippen LogP contribution is 2.67. The SMILES string of the molecule is CCC=C(C)[C@H]1CCC2C3CCC4=C[C@@H](O)CCC4(C)C3CCC21C. The van der Waals surface area contributed by atoms with Gasteiger partial charge in [-0.25, -0.2) is 0 Å². The predicted octanol–water partition coefficient (Wildman–Crippen LogP) is 6.28. The molecule has 25 heavy (non-hydrogen) atoms. The Hall–Kier alpha value is -0.560. The first-order valence-electron chi connectivity index (χ1n) is 11.0. The molecule has 0 aliphatic heterocycles. The van der Waals surface area contributed by atoms with E-state index < -0.39 is 0 Å². The molecule has 5 unspecified atom stereocenters. The van der Waals surface area contributed by atoms with Crippen molar-refractivity contribution < 1.29 is 5.11 Å². The minimum atomic E-state index is -0.175. The molecule has 0 aromatic rings. The second kappa shape index (κ2) is 6.25. The fourth-order valence-electron chi connectivity index (χ4n) is 7.92. The van der Waals surface area contributed by atoms with Crippen LogP contribution >= 0.6 is 0 Å². The Bertz CT molecular complexity index is 587. The topological polar surface area (TPSA) is 20.2 Å². The molecule has 0 bridgehead atoms. The average Bonchev–Trinajstić information content (AvgIpc) is 2.93. The number of allylic oxidation sites excluding steroid dienone is 3. The Kier molecular flexibility index (Phi) is 4.46. The van der Waals surface area contributed by atoms with Gasteiger partial charge >= 0.3 is 0 Å². The third-order valence-electron chi connectivity index (χ3n) is 9.16. The monoisotopic (exact) mass is 342 g/mol. The van der Waals surface area contributed by atoms with Crippen molar-refractivity contribution in [2.24, 2.45) is 34.5 Å². The highest BCUT2D eigenvalue weighted by molar-refractivity contribution is 5.26. The van der Waals surface area contributed by atoms with Crippen molar-refractivity contribution in [1.82, 2.24) is 0 Å². The number of fused-ring (bicyclic) bond motifs is 5. The summed E-state index contributed by atoms with van der Waals surface area (Å²) in [4.78, 5) is 0. The van der Waals surface area contributed by atoms with Gasteiger partial charge in [0.15, 0.2) is 0 Å². The Labute approximate surface area is 155 Å². The lowest BCUT2D eigenvalue weighted by Crippen LogP contribution is -2.50. The first kappa shape index (κ1) is 17.8. The molecular formula is C24H38O. The summed E-state index contributed by atoms with van der Waals surface area (Å²) in [6, 6.07) is 0. The number of hydrogen-bond donors (Lipinski definition) is 1. The van der Waals surface area contributed by atoms with E-state index in [0.717, 1.165) is 30.1 Å². The Morgan fingerprint density at radius 1 is 1.12 bits per heavy atom. The van der Waals surface area contributed by atoms with Crippen LogP contribution in [-0.2, 0) is 0 Å². The Balaban J connectivity index is 1.62. The molecule has 0 aromatic carbocycles. The van der Waals surface area contributed by atoms with Crippen LogP contribution in [0.15, 0.2) is 23.3 Å². The lowest BCUT2D eigenvalue weighted by Gasteiger charge is -2.58. The van der Waals surface area contributed by atoms with Gasteiger partial charge in [0, 0.05) is 0 Å². The van der Waals surface area contributed by atoms with Crippen LogP contribution < -0.4 is 0 Å². The first-order chi connectivity index (χ1) is 11.9. The molecule has 0 heterocycles. The molecule has 0 radical (unpaired) electrons. The van der Waals surface area contributed by atoms with E-state index in [9.17, 15) is 5.11 Å². The summed E-state index contributed by atoms with van der Waals surface area (Å²) in [6.45, 7) is 9.86. The van der Waals surface area contributed by atoms with Crippen LogP contribution in [-0.4, -0.2) is 11.2 Å². The van der Waals surface area contributed by atoms with E-state index in [4.69, 9.17) is 0 Å². The van der Waals surface area contributed by atoms with Gasteiger partial charge in [-0.05, 0) is 99.2 Å². The quantitative estimate of drug-likeness (QED) is 0.585.